The van der Waals surface area contributed by atoms with Crippen LogP contribution < -0.4 is 0 Å². The molecule has 2 saturated carbocycles. The number of oxime groups is 1. The van der Waals surface area contributed by atoms with Gasteiger partial charge in [-0.2, -0.15) is 0 Å². The van der Waals surface area contributed by atoms with Crippen LogP contribution in [0.15, 0.2) is 5.16 Å². The Bertz CT molecular complexity index is 312. The van der Waals surface area contributed by atoms with Gasteiger partial charge in [-0.15, -0.1) is 0 Å². The van der Waals surface area contributed by atoms with E-state index in [4.69, 9.17) is 9.57 Å². The fraction of sp³-hybridized carbons (Fsp3) is 0.846. The van der Waals surface area contributed by atoms with Gasteiger partial charge in [0.15, 0.2) is 0 Å². The van der Waals surface area contributed by atoms with Crippen LogP contribution in [-0.2, 0) is 14.4 Å². The lowest BCUT2D eigenvalue weighted by molar-refractivity contribution is -0.150. The van der Waals surface area contributed by atoms with Crippen molar-refractivity contribution in [1.29, 1.82) is 0 Å². The summed E-state index contributed by atoms with van der Waals surface area (Å²) in [4.78, 5) is 16.1. The second-order valence-corrected chi connectivity index (χ2v) is 5.02. The van der Waals surface area contributed by atoms with Crippen LogP contribution in [0.25, 0.3) is 0 Å². The number of carbonyl (C=O) groups is 1. The molecule has 3 atom stereocenters. The minimum absolute atomic E-state index is 0.0143. The van der Waals surface area contributed by atoms with E-state index in [1.54, 1.807) is 7.11 Å². The number of hydrogen-bond acceptors (Lipinski definition) is 4. The van der Waals surface area contributed by atoms with Crippen molar-refractivity contribution in [1.82, 2.24) is 0 Å². The molecule has 0 N–H and O–H groups in total. The third-order valence-electron chi connectivity index (χ3n) is 3.89. The predicted octanol–water partition coefficient (Wildman–Crippen LogP) is 2.52. The Kier molecular flexibility index (Phi) is 4.02. The van der Waals surface area contributed by atoms with Crippen LogP contribution >= 0.6 is 0 Å². The van der Waals surface area contributed by atoms with E-state index in [-0.39, 0.29) is 12.1 Å². The number of carbonyl (C=O) groups excluding carboxylic acids is 1. The molecule has 0 spiro atoms. The van der Waals surface area contributed by atoms with Crippen LogP contribution in [-0.4, -0.2) is 24.9 Å². The first-order valence-corrected chi connectivity index (χ1v) is 6.49. The molecule has 0 aliphatic heterocycles. The first kappa shape index (κ1) is 12.4. The van der Waals surface area contributed by atoms with E-state index in [9.17, 15) is 4.79 Å². The summed E-state index contributed by atoms with van der Waals surface area (Å²) in [6, 6.07) is 0. The van der Waals surface area contributed by atoms with Crippen LogP contribution in [0, 0.1) is 11.8 Å². The molecule has 4 heteroatoms. The number of ether oxygens (including phenoxy) is 1. The largest absolute Gasteiger partial charge is 0.462 e. The van der Waals surface area contributed by atoms with E-state index in [1.165, 1.54) is 26.2 Å². The number of hydrogen-bond donors (Lipinski definition) is 0. The van der Waals surface area contributed by atoms with Crippen molar-refractivity contribution in [3.05, 3.63) is 0 Å². The number of esters is 1. The molecule has 0 bridgehead atoms. The van der Waals surface area contributed by atoms with Gasteiger partial charge in [0.2, 0.25) is 0 Å². The second kappa shape index (κ2) is 5.52. The summed E-state index contributed by atoms with van der Waals surface area (Å²) in [5, 5.41) is 4.15. The molecule has 2 aliphatic rings. The van der Waals surface area contributed by atoms with Gasteiger partial charge in [-0.25, -0.2) is 0 Å². The molecule has 17 heavy (non-hydrogen) atoms. The van der Waals surface area contributed by atoms with Crippen molar-refractivity contribution in [2.24, 2.45) is 17.0 Å². The van der Waals surface area contributed by atoms with E-state index in [1.807, 2.05) is 0 Å². The highest BCUT2D eigenvalue weighted by Crippen LogP contribution is 2.40. The van der Waals surface area contributed by atoms with Crippen molar-refractivity contribution in [2.45, 2.75) is 51.6 Å². The molecule has 0 radical (unpaired) electrons. The van der Waals surface area contributed by atoms with Gasteiger partial charge in [0.1, 0.15) is 13.2 Å². The lowest BCUT2D eigenvalue weighted by Crippen LogP contribution is -2.43. The van der Waals surface area contributed by atoms with Crippen LogP contribution in [0.1, 0.15) is 45.4 Å². The van der Waals surface area contributed by atoms with E-state index < -0.39 is 0 Å². The van der Waals surface area contributed by atoms with Gasteiger partial charge in [0, 0.05) is 12.8 Å². The molecular formula is C13H21NO3. The molecule has 0 aromatic carbocycles. The van der Waals surface area contributed by atoms with Crippen molar-refractivity contribution in [3.8, 4) is 0 Å². The molecular weight excluding hydrogens is 218 g/mol. The zero-order valence-electron chi connectivity index (χ0n) is 10.6. The smallest absolute Gasteiger partial charge is 0.302 e. The summed E-state index contributed by atoms with van der Waals surface area (Å²) in [6.07, 6.45) is 6.74. The maximum absolute atomic E-state index is 11.2. The fourth-order valence-electron chi connectivity index (χ4n) is 3.34. The van der Waals surface area contributed by atoms with E-state index in [0.29, 0.717) is 11.8 Å². The molecule has 2 rings (SSSR count). The summed E-state index contributed by atoms with van der Waals surface area (Å²) < 4.78 is 5.46. The van der Waals surface area contributed by atoms with E-state index >= 15 is 0 Å². The van der Waals surface area contributed by atoms with Crippen LogP contribution in [0.5, 0.6) is 0 Å². The van der Waals surface area contributed by atoms with Gasteiger partial charge in [-0.05, 0) is 44.4 Å². The Balaban J connectivity index is 2.15. The SMILES string of the molecule is CO/N=C1\CCC[C@@H]2CCC[C@H](OC(C)=O)[C@@H]12. The van der Waals surface area contributed by atoms with Gasteiger partial charge in [0.05, 0.1) is 5.71 Å². The molecule has 0 saturated heterocycles. The third-order valence-corrected chi connectivity index (χ3v) is 3.89. The molecule has 0 aromatic heterocycles. The minimum atomic E-state index is -0.182. The summed E-state index contributed by atoms with van der Waals surface area (Å²) in [6.45, 7) is 1.49. The number of fused-ring (bicyclic) bond motifs is 1. The Hall–Kier alpha value is -1.06. The predicted molar refractivity (Wildman–Crippen MR) is 64.7 cm³/mol. The summed E-state index contributed by atoms with van der Waals surface area (Å²) in [5.41, 5.74) is 1.09. The zero-order chi connectivity index (χ0) is 12.3. The Morgan fingerprint density at radius 2 is 2.06 bits per heavy atom. The molecule has 2 aliphatic carbocycles. The quantitative estimate of drug-likeness (QED) is 0.549. The lowest BCUT2D eigenvalue weighted by atomic mass is 9.68. The van der Waals surface area contributed by atoms with E-state index in [2.05, 4.69) is 5.16 Å². The summed E-state index contributed by atoms with van der Waals surface area (Å²) >= 11 is 0. The lowest BCUT2D eigenvalue weighted by Gasteiger charge is -2.40. The highest BCUT2D eigenvalue weighted by molar-refractivity contribution is 5.88. The summed E-state index contributed by atoms with van der Waals surface area (Å²) in [7, 11) is 1.58. The topological polar surface area (TPSA) is 47.9 Å². The molecule has 96 valence electrons. The average molecular weight is 239 g/mol. The highest BCUT2D eigenvalue weighted by atomic mass is 16.6. The molecule has 0 unspecified atom stereocenters. The van der Waals surface area contributed by atoms with E-state index in [0.717, 1.165) is 25.0 Å². The van der Waals surface area contributed by atoms with Gasteiger partial charge in [0.25, 0.3) is 0 Å². The van der Waals surface area contributed by atoms with Gasteiger partial charge in [-0.3, -0.25) is 4.79 Å². The van der Waals surface area contributed by atoms with Gasteiger partial charge in [-0.1, -0.05) is 5.16 Å². The first-order valence-electron chi connectivity index (χ1n) is 6.49. The molecule has 0 amide bonds. The van der Waals surface area contributed by atoms with Crippen LogP contribution in [0.3, 0.4) is 0 Å². The number of nitrogens with zero attached hydrogens (tertiary/aromatic N) is 1. The molecule has 2 fully saturated rings. The van der Waals surface area contributed by atoms with Crippen molar-refractivity contribution in [3.63, 3.8) is 0 Å². The van der Waals surface area contributed by atoms with Crippen molar-refractivity contribution in [2.75, 3.05) is 7.11 Å². The van der Waals surface area contributed by atoms with Crippen LogP contribution in [0.2, 0.25) is 0 Å². The fourth-order valence-corrected chi connectivity index (χ4v) is 3.34. The Labute approximate surface area is 102 Å². The highest BCUT2D eigenvalue weighted by Gasteiger charge is 2.40. The zero-order valence-corrected chi connectivity index (χ0v) is 10.6. The van der Waals surface area contributed by atoms with Gasteiger partial charge >= 0.3 is 5.97 Å². The molecule has 0 aromatic rings. The van der Waals surface area contributed by atoms with Crippen molar-refractivity contribution >= 4 is 11.7 Å². The first-order chi connectivity index (χ1) is 8.22. The third kappa shape index (κ3) is 2.79. The summed E-state index contributed by atoms with van der Waals surface area (Å²) in [5.74, 6) is 0.732. The average Bonchev–Trinajstić information content (AvgIpc) is 2.29. The molecule has 0 heterocycles. The van der Waals surface area contributed by atoms with Crippen LogP contribution in [0.4, 0.5) is 0 Å². The van der Waals surface area contributed by atoms with Crippen molar-refractivity contribution < 1.29 is 14.4 Å². The maximum Gasteiger partial charge on any atom is 0.302 e. The normalized spacial score (nSPS) is 35.2. The van der Waals surface area contributed by atoms with Gasteiger partial charge < -0.3 is 9.57 Å². The number of rotatable bonds is 2. The Morgan fingerprint density at radius 1 is 1.29 bits per heavy atom. The molecule has 4 nitrogen and oxygen atoms in total. The standard InChI is InChI=1S/C13H21NO3/c1-9(15)17-12-8-4-6-10-5-3-7-11(13(10)12)14-16-2/h10,12-13H,3-8H2,1-2H3/b14-11+/t10-,12+,13-/m1/s1. The maximum atomic E-state index is 11.2. The second-order valence-electron chi connectivity index (χ2n) is 5.02. The minimum Gasteiger partial charge on any atom is -0.462 e. The monoisotopic (exact) mass is 239 g/mol. The Morgan fingerprint density at radius 3 is 2.76 bits per heavy atom.